The minimum Gasteiger partial charge on any atom is -0.496 e. The molecule has 8 aromatic heterocycles. The number of terminal acetylenes is 1. The molecule has 5 saturated heterocycles. The Kier molecular flexibility index (Phi) is 31.0. The van der Waals surface area contributed by atoms with Gasteiger partial charge in [-0.15, -0.1) is 6.42 Å². The molecule has 5 aliphatic heterocycles. The van der Waals surface area contributed by atoms with Crippen LogP contribution in [0.4, 0.5) is 40.7 Å². The number of amides is 4. The van der Waals surface area contributed by atoms with E-state index >= 15 is 0 Å². The molecule has 0 radical (unpaired) electrons. The molecule has 0 bridgehead atoms. The number of aryl methyl sites for hydroxylation is 1. The number of carbonyl (C=O) groups is 4. The normalized spacial score (nSPS) is 18.1. The van der Waals surface area contributed by atoms with Crippen molar-refractivity contribution in [1.82, 2.24) is 58.8 Å². The zero-order valence-corrected chi connectivity index (χ0v) is 84.1. The Bertz CT molecular complexity index is 7130. The molecular weight excluding hydrogens is 1860 g/mol. The molecule has 3 aromatic carbocycles. The topological polar surface area (TPSA) is 495 Å². The van der Waals surface area contributed by atoms with Gasteiger partial charge >= 0.3 is 0 Å². The lowest BCUT2D eigenvalue weighted by atomic mass is 9.95. The first-order valence-electron chi connectivity index (χ1n) is 45.8. The summed E-state index contributed by atoms with van der Waals surface area (Å²) in [7, 11) is -15.5. The van der Waals surface area contributed by atoms with Gasteiger partial charge in [0.1, 0.15) is 62.0 Å². The third-order valence-electron chi connectivity index (χ3n) is 25.1. The zero-order chi connectivity index (χ0) is 102. The van der Waals surface area contributed by atoms with Crippen molar-refractivity contribution in [3.63, 3.8) is 0 Å². The minimum absolute atomic E-state index is 0.0332. The Balaban J connectivity index is 0.000000157. The predicted molar refractivity (Wildman–Crippen MR) is 539 cm³/mol. The molecule has 738 valence electrons. The van der Waals surface area contributed by atoms with Crippen LogP contribution in [0.25, 0.3) is 33.6 Å². The molecule has 11 N–H and O–H groups in total. The standard InChI is InChI=1S/C26H31N5O4S.C26H27N5O3S.C26H30N4O5S.C23H31N5O4S/c1-16-14-26(3,4)31(15-16)24-19(25(32)30-36(33,34)22-7-6-12-28-23(22)27)9-10-20(29-24)18-8-11-21(35-5)17(2)13-18;1-5-18-8-6-9-19(12-18)20-13-21(24(28-15-20)31-16-17(2)14-26(31,3)4)25(32)30-35(33,34)23-11-7-10-22(27)29-23;1-5-35-21-10-7-6-9-18(21)20-13-12-19(23(28-20)30-16-17(2)15-26(30,3)4)24(31)29-36(33,34)22-11-8-14-27-25(22)32;1-15-13-23(2,3)28(14-15)21-17(6-7-18(26-21)16-8-11-32-12-9-16)22(29)27-33(30,31)19-5-4-10-25-20(19)24/h6-13,16H,14-15H2,1-5H3,(H2,27,28)(H,30,32);1,6-13,15,17H,14,16H2,2-4H3,(H2,27,29)(H,30,32);6-14,17H,5,15-16H2,1-4H3,(H,27,32)(H,29,31);4-7,10,15-16H,8-9,11-14H2,1-3H3,(H2,24,25)(H,27,29)/t16-;;17-;15-/m0.00/s1. The maximum Gasteiger partial charge on any atom is 0.281 e. The SMILES string of the molecule is C#Cc1cccc(-c2cnc(N3CC(C)CC3(C)C)c(C(=O)NS(=O)(=O)c3cccc(N)n3)c2)c1.CCOc1ccccc1-c1ccc(C(=O)NS(=O)(=O)c2ccc[nH]c2=O)c(N2C[C@@H](C)CC2(C)C)n1.COc1ccc(-c2ccc(C(=O)NS(=O)(=O)c3cccnc3N)c(N3C[C@@H](C)CC3(C)C)n2)cc1C.C[C@@H]1CN(c2nc(C3CCOCC3)ccc2C(=O)NS(=O)(=O)c2cccnc2N)C(C)(C)C1. The van der Waals surface area contributed by atoms with Crippen LogP contribution in [0.15, 0.2) is 213 Å². The number of sulfonamides is 4. The molecule has 140 heavy (non-hydrogen) atoms. The second-order valence-corrected chi connectivity index (χ2v) is 44.9. The van der Waals surface area contributed by atoms with E-state index in [-0.39, 0.29) is 82.6 Å². The van der Waals surface area contributed by atoms with Crippen LogP contribution in [0.2, 0.25) is 0 Å². The molecule has 0 spiro atoms. The van der Waals surface area contributed by atoms with Crippen molar-refractivity contribution < 1.29 is 67.1 Å². The van der Waals surface area contributed by atoms with Crippen LogP contribution in [0, 0.1) is 42.9 Å². The summed E-state index contributed by atoms with van der Waals surface area (Å²) in [6.45, 7) is 33.8. The molecular formula is C101H119N19O16S4. The molecule has 13 heterocycles. The molecule has 0 saturated carbocycles. The third kappa shape index (κ3) is 23.6. The largest absolute Gasteiger partial charge is 0.496 e. The molecule has 35 nitrogen and oxygen atoms in total. The van der Waals surface area contributed by atoms with Crippen molar-refractivity contribution in [2.24, 2.45) is 23.7 Å². The van der Waals surface area contributed by atoms with E-state index < -0.39 is 74.2 Å². The van der Waals surface area contributed by atoms with Gasteiger partial charge in [-0.2, -0.15) is 8.42 Å². The Morgan fingerprint density at radius 3 is 1.44 bits per heavy atom. The van der Waals surface area contributed by atoms with E-state index in [2.05, 4.69) is 143 Å². The van der Waals surface area contributed by atoms with Gasteiger partial charge in [0.05, 0.1) is 47.4 Å². The van der Waals surface area contributed by atoms with Gasteiger partial charge in [-0.05, 0) is 276 Å². The number of anilines is 7. The number of nitrogen functional groups attached to an aromatic ring is 3. The summed E-state index contributed by atoms with van der Waals surface area (Å²) in [6.07, 6.45) is 16.7. The summed E-state index contributed by atoms with van der Waals surface area (Å²) in [6, 6.07) is 44.5. The van der Waals surface area contributed by atoms with Gasteiger partial charge < -0.3 is 56.0 Å². The number of hydrogen-bond acceptors (Lipinski definition) is 30. The fourth-order valence-electron chi connectivity index (χ4n) is 19.0. The number of pyridine rings is 8. The zero-order valence-electron chi connectivity index (χ0n) is 80.9. The van der Waals surface area contributed by atoms with E-state index in [9.17, 15) is 57.6 Å². The maximum atomic E-state index is 13.4. The number of methoxy groups -OCH3 is 1. The van der Waals surface area contributed by atoms with Crippen LogP contribution in [0.5, 0.6) is 11.5 Å². The first-order chi connectivity index (χ1) is 66.0. The second-order valence-electron chi connectivity index (χ2n) is 38.3. The maximum absolute atomic E-state index is 13.4. The van der Waals surface area contributed by atoms with E-state index in [0.717, 1.165) is 84.8 Å². The van der Waals surface area contributed by atoms with E-state index in [1.54, 1.807) is 55.8 Å². The molecule has 4 amide bonds. The number of nitrogens with two attached hydrogens (primary N) is 3. The molecule has 5 fully saturated rings. The number of H-pyrrole nitrogens is 1. The Labute approximate surface area is 817 Å². The van der Waals surface area contributed by atoms with Gasteiger partial charge in [0.2, 0.25) is 0 Å². The van der Waals surface area contributed by atoms with Crippen molar-refractivity contribution in [2.75, 3.05) is 89.9 Å². The average molecular weight is 1980 g/mol. The summed E-state index contributed by atoms with van der Waals surface area (Å²) in [4.78, 5) is 106. The lowest BCUT2D eigenvalue weighted by Crippen LogP contribution is -2.41. The number of nitrogens with zero attached hydrogens (tertiary/aromatic N) is 11. The molecule has 5 aliphatic rings. The van der Waals surface area contributed by atoms with Crippen molar-refractivity contribution >= 4 is 104 Å². The lowest BCUT2D eigenvalue weighted by molar-refractivity contribution is 0.0844. The fraction of sp³-hybridized carbons (Fsp3) is 0.366. The molecule has 0 aliphatic carbocycles. The van der Waals surface area contributed by atoms with E-state index in [4.69, 9.17) is 52.8 Å². The van der Waals surface area contributed by atoms with Gasteiger partial charge in [-0.1, -0.05) is 63.9 Å². The van der Waals surface area contributed by atoms with Crippen LogP contribution in [0.1, 0.15) is 193 Å². The molecule has 1 unspecified atom stereocenters. The summed E-state index contributed by atoms with van der Waals surface area (Å²) < 4.78 is 128. The van der Waals surface area contributed by atoms with Gasteiger partial charge in [0.25, 0.3) is 69.3 Å². The van der Waals surface area contributed by atoms with Crippen molar-refractivity contribution in [1.29, 1.82) is 0 Å². The predicted octanol–water partition coefficient (Wildman–Crippen LogP) is 13.5. The van der Waals surface area contributed by atoms with Gasteiger partial charge in [0.15, 0.2) is 9.92 Å². The molecule has 4 atom stereocenters. The summed E-state index contributed by atoms with van der Waals surface area (Å²) in [5.41, 5.74) is 22.7. The Hall–Kier alpha value is -13.9. The van der Waals surface area contributed by atoms with Crippen molar-refractivity contribution in [3.05, 3.63) is 238 Å². The number of nitrogens with one attached hydrogen (secondary N) is 5. The number of benzene rings is 3. The van der Waals surface area contributed by atoms with Gasteiger partial charge in [-0.3, -0.25) is 24.0 Å². The van der Waals surface area contributed by atoms with E-state index in [1.165, 1.54) is 67.1 Å². The Morgan fingerprint density at radius 1 is 0.486 bits per heavy atom. The number of rotatable bonds is 23. The highest BCUT2D eigenvalue weighted by Gasteiger charge is 2.45. The van der Waals surface area contributed by atoms with Crippen LogP contribution in [-0.2, 0) is 44.8 Å². The number of aromatic nitrogens is 8. The van der Waals surface area contributed by atoms with Crippen LogP contribution in [0.3, 0.4) is 0 Å². The lowest BCUT2D eigenvalue weighted by Gasteiger charge is -2.34. The fourth-order valence-corrected chi connectivity index (χ4v) is 23.1. The molecule has 39 heteroatoms. The average Bonchev–Trinajstić information content (AvgIpc) is 1.58. The highest BCUT2D eigenvalue weighted by atomic mass is 32.2. The van der Waals surface area contributed by atoms with E-state index in [1.807, 2.05) is 90.2 Å². The van der Waals surface area contributed by atoms with E-state index in [0.29, 0.717) is 115 Å². The van der Waals surface area contributed by atoms with Crippen molar-refractivity contribution in [3.8, 4) is 57.5 Å². The van der Waals surface area contributed by atoms with Crippen molar-refractivity contribution in [2.45, 2.75) is 183 Å². The van der Waals surface area contributed by atoms with Gasteiger partial charge in [-0.25, -0.2) is 79.0 Å². The number of para-hydroxylation sites is 1. The number of aromatic amines is 1. The highest BCUT2D eigenvalue weighted by Crippen LogP contribution is 2.45. The monoisotopic (exact) mass is 1980 g/mol. The smallest absolute Gasteiger partial charge is 0.281 e. The highest BCUT2D eigenvalue weighted by molar-refractivity contribution is 7.91. The number of hydrogen-bond donors (Lipinski definition) is 8. The van der Waals surface area contributed by atoms with Gasteiger partial charge in [0, 0.05) is 120 Å². The summed E-state index contributed by atoms with van der Waals surface area (Å²) >= 11 is 0. The summed E-state index contributed by atoms with van der Waals surface area (Å²) in [5.74, 6) is 4.04. The first-order valence-corrected chi connectivity index (χ1v) is 51.7. The van der Waals surface area contributed by atoms with Crippen LogP contribution >= 0.6 is 0 Å². The quantitative estimate of drug-likeness (QED) is 0.0276. The minimum atomic E-state index is -4.40. The molecule has 16 rings (SSSR count). The van der Waals surface area contributed by atoms with Crippen LogP contribution in [-0.4, -0.2) is 172 Å². The molecule has 11 aromatic rings. The Morgan fingerprint density at radius 2 is 0.957 bits per heavy atom. The third-order valence-corrected chi connectivity index (χ3v) is 30.5. The first kappa shape index (κ1) is 103. The summed E-state index contributed by atoms with van der Waals surface area (Å²) in [5, 5.41) is -0.339. The number of carbonyl (C=O) groups excluding carboxylic acids is 4. The second kappa shape index (κ2) is 42.0. The van der Waals surface area contributed by atoms with Crippen LogP contribution < -0.4 is 70.7 Å². The number of ether oxygens (including phenoxy) is 3.